The summed E-state index contributed by atoms with van der Waals surface area (Å²) in [5, 5.41) is 6.98. The van der Waals surface area contributed by atoms with Crippen molar-refractivity contribution in [3.8, 4) is 0 Å². The van der Waals surface area contributed by atoms with Crippen LogP contribution in [0.4, 0.5) is 0 Å². The molecule has 0 saturated heterocycles. The van der Waals surface area contributed by atoms with Crippen LogP contribution in [0.3, 0.4) is 0 Å². The van der Waals surface area contributed by atoms with E-state index in [4.69, 9.17) is 0 Å². The minimum atomic E-state index is -0.243. The molecule has 27 heavy (non-hydrogen) atoms. The van der Waals surface area contributed by atoms with Crippen LogP contribution >= 0.6 is 0 Å². The van der Waals surface area contributed by atoms with Crippen molar-refractivity contribution in [2.24, 2.45) is 7.05 Å². The van der Waals surface area contributed by atoms with Crippen molar-refractivity contribution in [3.63, 3.8) is 0 Å². The fourth-order valence-corrected chi connectivity index (χ4v) is 4.19. The Morgan fingerprint density at radius 3 is 2.59 bits per heavy atom. The van der Waals surface area contributed by atoms with E-state index < -0.39 is 0 Å². The number of aromatic nitrogens is 1. The van der Waals surface area contributed by atoms with Gasteiger partial charge in [-0.05, 0) is 65.3 Å². The van der Waals surface area contributed by atoms with Gasteiger partial charge in [-0.25, -0.2) is 0 Å². The number of hydrogen-bond acceptors (Lipinski definition) is 1. The van der Waals surface area contributed by atoms with Crippen LogP contribution in [0.1, 0.15) is 34.3 Å². The molecule has 1 aromatic heterocycles. The van der Waals surface area contributed by atoms with Gasteiger partial charge < -0.3 is 9.88 Å². The van der Waals surface area contributed by atoms with Gasteiger partial charge in [0.15, 0.2) is 0 Å². The minimum absolute atomic E-state index is 0.0148. The normalized spacial score (nSPS) is 15.2. The molecule has 0 bridgehead atoms. The number of amides is 1. The molecule has 0 radical (unpaired) electrons. The lowest BCUT2D eigenvalue weighted by Crippen LogP contribution is -2.35. The second kappa shape index (κ2) is 5.71. The van der Waals surface area contributed by atoms with Gasteiger partial charge in [-0.1, -0.05) is 42.5 Å². The van der Waals surface area contributed by atoms with Gasteiger partial charge in [0.2, 0.25) is 0 Å². The summed E-state index contributed by atoms with van der Waals surface area (Å²) in [7, 11) is 2.01. The van der Waals surface area contributed by atoms with Crippen LogP contribution in [-0.2, 0) is 12.6 Å². The Hall–Kier alpha value is -3.07. The summed E-state index contributed by atoms with van der Waals surface area (Å²) < 4.78 is 2.06. The molecule has 4 aromatic rings. The second-order valence-corrected chi connectivity index (χ2v) is 7.72. The van der Waals surface area contributed by atoms with Gasteiger partial charge in [0.1, 0.15) is 0 Å². The smallest absolute Gasteiger partial charge is 0.252 e. The van der Waals surface area contributed by atoms with Crippen molar-refractivity contribution in [2.75, 3.05) is 0 Å². The molecule has 3 aromatic carbocycles. The number of rotatable bonds is 3. The molecule has 1 saturated carbocycles. The third kappa shape index (κ3) is 2.54. The fourth-order valence-electron chi connectivity index (χ4n) is 4.19. The van der Waals surface area contributed by atoms with Gasteiger partial charge in [-0.15, -0.1) is 0 Å². The van der Waals surface area contributed by atoms with Crippen LogP contribution in [0.2, 0.25) is 0 Å². The average Bonchev–Trinajstić information content (AvgIpc) is 3.37. The topological polar surface area (TPSA) is 34.0 Å². The third-order valence-electron chi connectivity index (χ3n) is 5.88. The van der Waals surface area contributed by atoms with Gasteiger partial charge in [-0.3, -0.25) is 4.79 Å². The lowest BCUT2D eigenvalue weighted by Gasteiger charge is -2.21. The average molecular weight is 354 g/mol. The Balaban J connectivity index is 1.54. The number of hydrogen-bond donors (Lipinski definition) is 1. The highest BCUT2D eigenvalue weighted by molar-refractivity contribution is 6.00. The summed E-state index contributed by atoms with van der Waals surface area (Å²) >= 11 is 0. The van der Waals surface area contributed by atoms with E-state index in [1.807, 2.05) is 26.2 Å². The molecule has 1 aliphatic carbocycles. The lowest BCUT2D eigenvalue weighted by atomic mass is 9.96. The van der Waals surface area contributed by atoms with Gasteiger partial charge in [0.25, 0.3) is 5.91 Å². The first-order chi connectivity index (χ1) is 13.1. The maximum atomic E-state index is 13.2. The van der Waals surface area contributed by atoms with Crippen LogP contribution in [-0.4, -0.2) is 10.5 Å². The van der Waals surface area contributed by atoms with E-state index in [1.165, 1.54) is 21.7 Å². The van der Waals surface area contributed by atoms with E-state index in [1.54, 1.807) is 0 Å². The van der Waals surface area contributed by atoms with E-state index >= 15 is 0 Å². The molecular formula is C24H22N2O. The molecule has 3 heteroatoms. The molecule has 1 amide bonds. The van der Waals surface area contributed by atoms with E-state index in [-0.39, 0.29) is 11.4 Å². The number of fused-ring (bicyclic) bond motifs is 2. The maximum Gasteiger partial charge on any atom is 0.252 e. The Morgan fingerprint density at radius 2 is 1.78 bits per heavy atom. The highest BCUT2D eigenvalue weighted by Gasteiger charge is 2.46. The predicted molar refractivity (Wildman–Crippen MR) is 110 cm³/mol. The Labute approximate surface area is 158 Å². The highest BCUT2D eigenvalue weighted by Crippen LogP contribution is 2.48. The van der Waals surface area contributed by atoms with Crippen molar-refractivity contribution in [3.05, 3.63) is 83.6 Å². The molecule has 1 N–H and O–H groups in total. The second-order valence-electron chi connectivity index (χ2n) is 7.72. The largest absolute Gasteiger partial charge is 0.351 e. The monoisotopic (exact) mass is 354 g/mol. The van der Waals surface area contributed by atoms with Crippen molar-refractivity contribution < 1.29 is 4.79 Å². The fraction of sp³-hybridized carbons (Fsp3) is 0.208. The van der Waals surface area contributed by atoms with Crippen LogP contribution in [0, 0.1) is 6.92 Å². The Kier molecular flexibility index (Phi) is 3.41. The van der Waals surface area contributed by atoms with Crippen LogP contribution in [0.15, 0.2) is 66.9 Å². The molecule has 3 nitrogen and oxygen atoms in total. The van der Waals surface area contributed by atoms with Crippen molar-refractivity contribution >= 4 is 27.6 Å². The molecule has 0 aliphatic heterocycles. The van der Waals surface area contributed by atoms with Gasteiger partial charge >= 0.3 is 0 Å². The van der Waals surface area contributed by atoms with Gasteiger partial charge in [-0.2, -0.15) is 0 Å². The number of aryl methyl sites for hydroxylation is 2. The highest BCUT2D eigenvalue weighted by atomic mass is 16.1. The van der Waals surface area contributed by atoms with Crippen molar-refractivity contribution in [1.29, 1.82) is 0 Å². The summed E-state index contributed by atoms with van der Waals surface area (Å²) in [5.74, 6) is 0.0148. The van der Waals surface area contributed by atoms with Crippen molar-refractivity contribution in [2.45, 2.75) is 25.3 Å². The number of carbonyl (C=O) groups is 1. The van der Waals surface area contributed by atoms with Crippen LogP contribution in [0.25, 0.3) is 21.7 Å². The van der Waals surface area contributed by atoms with E-state index in [0.29, 0.717) is 0 Å². The van der Waals surface area contributed by atoms with Gasteiger partial charge in [0, 0.05) is 24.3 Å². The SMILES string of the molecule is Cc1cc2ccn(C)c2cc1C(=O)NC1(c2cccc3ccccc23)CC1. The number of carbonyl (C=O) groups excluding carboxylic acids is 1. The van der Waals surface area contributed by atoms with Crippen molar-refractivity contribution in [1.82, 2.24) is 9.88 Å². The first kappa shape index (κ1) is 16.1. The molecule has 5 rings (SSSR count). The Bertz CT molecular complexity index is 1190. The number of benzene rings is 3. The summed E-state index contributed by atoms with van der Waals surface area (Å²) in [6.45, 7) is 2.01. The van der Waals surface area contributed by atoms with Crippen LogP contribution in [0.5, 0.6) is 0 Å². The molecule has 0 unspecified atom stereocenters. The zero-order valence-corrected chi connectivity index (χ0v) is 15.6. The number of nitrogens with zero attached hydrogens (tertiary/aromatic N) is 1. The van der Waals surface area contributed by atoms with Crippen LogP contribution < -0.4 is 5.32 Å². The zero-order chi connectivity index (χ0) is 18.6. The zero-order valence-electron chi connectivity index (χ0n) is 15.6. The minimum Gasteiger partial charge on any atom is -0.351 e. The summed E-state index contributed by atoms with van der Waals surface area (Å²) in [5.41, 5.74) is 3.84. The standard InChI is InChI=1S/C24H22N2O/c1-16-14-18-10-13-26(2)22(18)15-20(16)23(27)25-24(11-12-24)21-9-5-7-17-6-3-4-8-19(17)21/h3-10,13-15H,11-12H2,1-2H3,(H,25,27). The van der Waals surface area contributed by atoms with E-state index in [2.05, 4.69) is 64.5 Å². The predicted octanol–water partition coefficient (Wildman–Crippen LogP) is 5.06. The quantitative estimate of drug-likeness (QED) is 0.548. The third-order valence-corrected chi connectivity index (χ3v) is 5.88. The molecule has 1 heterocycles. The first-order valence-corrected chi connectivity index (χ1v) is 9.44. The lowest BCUT2D eigenvalue weighted by molar-refractivity contribution is 0.0930. The molecule has 134 valence electrons. The molecule has 0 atom stereocenters. The summed E-state index contributed by atoms with van der Waals surface area (Å²) in [6.07, 6.45) is 4.00. The molecule has 0 spiro atoms. The first-order valence-electron chi connectivity index (χ1n) is 9.44. The number of nitrogens with one attached hydrogen (secondary N) is 1. The van der Waals surface area contributed by atoms with E-state index in [0.717, 1.165) is 29.5 Å². The molecule has 1 aliphatic rings. The Morgan fingerprint density at radius 1 is 1.00 bits per heavy atom. The van der Waals surface area contributed by atoms with E-state index in [9.17, 15) is 4.79 Å². The maximum absolute atomic E-state index is 13.2. The summed E-state index contributed by atoms with van der Waals surface area (Å²) in [4.78, 5) is 13.2. The summed E-state index contributed by atoms with van der Waals surface area (Å²) in [6, 6.07) is 21.0. The molecular weight excluding hydrogens is 332 g/mol. The molecule has 1 fully saturated rings. The van der Waals surface area contributed by atoms with Gasteiger partial charge in [0.05, 0.1) is 5.54 Å².